The van der Waals surface area contributed by atoms with Gasteiger partial charge in [-0.25, -0.2) is 14.2 Å². The summed E-state index contributed by atoms with van der Waals surface area (Å²) in [5.74, 6) is -0.627. The van der Waals surface area contributed by atoms with Crippen LogP contribution in [-0.4, -0.2) is 95.0 Å². The lowest BCUT2D eigenvalue weighted by molar-refractivity contribution is 0.0525. The molecule has 11 nitrogen and oxygen atoms in total. The summed E-state index contributed by atoms with van der Waals surface area (Å²) >= 11 is 0. The molecule has 3 heterocycles. The van der Waals surface area contributed by atoms with Gasteiger partial charge in [0, 0.05) is 58.1 Å². The number of piperidine rings is 1. The van der Waals surface area contributed by atoms with Crippen molar-refractivity contribution in [2.45, 2.75) is 71.2 Å². The lowest BCUT2D eigenvalue weighted by Gasteiger charge is -2.35. The third kappa shape index (κ3) is 10.8. The van der Waals surface area contributed by atoms with Gasteiger partial charge in [-0.2, -0.15) is 5.26 Å². The number of alkyl carbamates (subject to hydrolysis) is 1. The summed E-state index contributed by atoms with van der Waals surface area (Å²) in [5, 5.41) is 15.4. The molecule has 2 fully saturated rings. The first-order chi connectivity index (χ1) is 24.5. The van der Waals surface area contributed by atoms with Crippen molar-refractivity contribution in [3.8, 4) is 6.07 Å². The van der Waals surface area contributed by atoms with E-state index >= 15 is 0 Å². The molecular weight excluding hydrogens is 649 g/mol. The summed E-state index contributed by atoms with van der Waals surface area (Å²) in [6.45, 7) is 10.8. The van der Waals surface area contributed by atoms with Gasteiger partial charge < -0.3 is 25.2 Å². The summed E-state index contributed by atoms with van der Waals surface area (Å²) in [5.41, 5.74) is 3.21. The molecule has 2 aromatic carbocycles. The van der Waals surface area contributed by atoms with Crippen molar-refractivity contribution in [2.24, 2.45) is 0 Å². The second-order valence-electron chi connectivity index (χ2n) is 14.2. The van der Waals surface area contributed by atoms with Crippen molar-refractivity contribution < 1.29 is 23.5 Å². The fourth-order valence-corrected chi connectivity index (χ4v) is 6.44. The first-order valence-corrected chi connectivity index (χ1v) is 17.7. The molecule has 0 aliphatic carbocycles. The Hall–Kier alpha value is -4.86. The van der Waals surface area contributed by atoms with Crippen molar-refractivity contribution in [2.75, 3.05) is 45.8 Å². The summed E-state index contributed by atoms with van der Waals surface area (Å²) in [7, 11) is 0. The van der Waals surface area contributed by atoms with E-state index in [1.165, 1.54) is 18.3 Å². The van der Waals surface area contributed by atoms with Crippen LogP contribution >= 0.6 is 0 Å². The normalized spacial score (nSPS) is 15.5. The highest BCUT2D eigenvalue weighted by molar-refractivity contribution is 5.97. The van der Waals surface area contributed by atoms with Crippen LogP contribution in [0, 0.1) is 17.1 Å². The Bertz CT molecular complexity index is 1690. The van der Waals surface area contributed by atoms with Crippen LogP contribution in [0.4, 0.5) is 9.18 Å². The predicted octanol–water partition coefficient (Wildman–Crippen LogP) is 4.90. The standard InChI is InChI=1S/C39H48FN7O4/c1-39(2,3)51-38(50)43-16-4-5-31-23-32(36(48)46-21-19-45(20-22-46)26-29-10-12-33(40)13-11-29)25-44-35(31)37(49)47(34-14-17-42-18-15-34)27-30-8-6-28(24-41)7-9-30/h6-13,23,25,34,42H,4-5,14-22,26-27H2,1-3H3,(H,43,50). The van der Waals surface area contributed by atoms with Gasteiger partial charge in [0.25, 0.3) is 11.8 Å². The van der Waals surface area contributed by atoms with E-state index in [2.05, 4.69) is 26.6 Å². The number of nitriles is 1. The number of rotatable bonds is 11. The number of amides is 3. The molecule has 0 spiro atoms. The Balaban J connectivity index is 1.34. The van der Waals surface area contributed by atoms with Gasteiger partial charge in [0.2, 0.25) is 0 Å². The Kier molecular flexibility index (Phi) is 12.7. The van der Waals surface area contributed by atoms with Crippen LogP contribution in [0.25, 0.3) is 0 Å². The van der Waals surface area contributed by atoms with Crippen LogP contribution in [0.3, 0.4) is 0 Å². The minimum absolute atomic E-state index is 0.00890. The third-order valence-electron chi connectivity index (χ3n) is 9.13. The number of halogens is 1. The SMILES string of the molecule is CC(C)(C)OC(=O)NCCCc1cc(C(=O)N2CCN(Cc3ccc(F)cc3)CC2)cnc1C(=O)N(Cc1ccc(C#N)cc1)C1CCNCC1. The van der Waals surface area contributed by atoms with E-state index in [1.54, 1.807) is 56.0 Å². The molecule has 5 rings (SSSR count). The highest BCUT2D eigenvalue weighted by Crippen LogP contribution is 2.23. The van der Waals surface area contributed by atoms with Gasteiger partial charge in [-0.05, 0) is 107 Å². The zero-order chi connectivity index (χ0) is 36.4. The molecule has 2 aliphatic rings. The van der Waals surface area contributed by atoms with Crippen molar-refractivity contribution in [1.82, 2.24) is 30.3 Å². The molecule has 3 amide bonds. The summed E-state index contributed by atoms with van der Waals surface area (Å²) in [4.78, 5) is 51.1. The maximum absolute atomic E-state index is 14.5. The van der Waals surface area contributed by atoms with Gasteiger partial charge in [0.05, 0.1) is 17.2 Å². The van der Waals surface area contributed by atoms with Gasteiger partial charge in [0.15, 0.2) is 0 Å². The van der Waals surface area contributed by atoms with E-state index in [-0.39, 0.29) is 23.7 Å². The lowest BCUT2D eigenvalue weighted by Crippen LogP contribution is -2.48. The van der Waals surface area contributed by atoms with Crippen LogP contribution in [0.5, 0.6) is 0 Å². The summed E-state index contributed by atoms with van der Waals surface area (Å²) in [6, 6.07) is 17.6. The lowest BCUT2D eigenvalue weighted by atomic mass is 10.00. The van der Waals surface area contributed by atoms with E-state index in [4.69, 9.17) is 4.74 Å². The topological polar surface area (TPSA) is 131 Å². The van der Waals surface area contributed by atoms with Crippen LogP contribution in [0.2, 0.25) is 0 Å². The highest BCUT2D eigenvalue weighted by Gasteiger charge is 2.30. The number of hydrogen-bond donors (Lipinski definition) is 2. The molecular formula is C39H48FN7O4. The molecule has 0 bridgehead atoms. The Morgan fingerprint density at radius 3 is 2.33 bits per heavy atom. The number of hydrogen-bond acceptors (Lipinski definition) is 8. The number of piperazine rings is 1. The van der Waals surface area contributed by atoms with Crippen molar-refractivity contribution in [3.05, 3.63) is 100 Å². The monoisotopic (exact) mass is 697 g/mol. The first kappa shape index (κ1) is 37.4. The van der Waals surface area contributed by atoms with Crippen LogP contribution in [0.15, 0.2) is 60.8 Å². The van der Waals surface area contributed by atoms with Gasteiger partial charge in [0.1, 0.15) is 17.1 Å². The van der Waals surface area contributed by atoms with Crippen LogP contribution in [-0.2, 0) is 24.2 Å². The summed E-state index contributed by atoms with van der Waals surface area (Å²) < 4.78 is 18.7. The first-order valence-electron chi connectivity index (χ1n) is 17.7. The number of aromatic nitrogens is 1. The molecule has 3 aromatic rings. The number of ether oxygens (including phenoxy) is 1. The largest absolute Gasteiger partial charge is 0.444 e. The van der Waals surface area contributed by atoms with Crippen molar-refractivity contribution >= 4 is 17.9 Å². The van der Waals surface area contributed by atoms with Gasteiger partial charge in [-0.3, -0.25) is 14.5 Å². The Morgan fingerprint density at radius 2 is 1.69 bits per heavy atom. The van der Waals surface area contributed by atoms with Crippen LogP contribution in [0.1, 0.15) is 83.1 Å². The zero-order valence-electron chi connectivity index (χ0n) is 29.8. The maximum atomic E-state index is 14.5. The number of carbonyl (C=O) groups excluding carboxylic acids is 3. The van der Waals surface area contributed by atoms with Gasteiger partial charge in [-0.15, -0.1) is 0 Å². The van der Waals surface area contributed by atoms with Gasteiger partial charge >= 0.3 is 6.09 Å². The molecule has 0 saturated carbocycles. The van der Waals surface area contributed by atoms with E-state index < -0.39 is 11.7 Å². The fourth-order valence-electron chi connectivity index (χ4n) is 6.44. The minimum atomic E-state index is -0.623. The summed E-state index contributed by atoms with van der Waals surface area (Å²) in [6.07, 6.45) is 3.49. The third-order valence-corrected chi connectivity index (χ3v) is 9.13. The fraction of sp³-hybridized carbons (Fsp3) is 0.462. The number of carbonyl (C=O) groups is 3. The Morgan fingerprint density at radius 1 is 1.02 bits per heavy atom. The number of nitrogens with zero attached hydrogens (tertiary/aromatic N) is 5. The quantitative estimate of drug-likeness (QED) is 0.271. The molecule has 2 aliphatic heterocycles. The zero-order valence-corrected chi connectivity index (χ0v) is 29.8. The molecule has 2 N–H and O–H groups in total. The number of pyridine rings is 1. The maximum Gasteiger partial charge on any atom is 0.407 e. The molecule has 0 radical (unpaired) electrons. The highest BCUT2D eigenvalue weighted by atomic mass is 19.1. The van der Waals surface area contributed by atoms with E-state index in [9.17, 15) is 24.0 Å². The minimum Gasteiger partial charge on any atom is -0.444 e. The second kappa shape index (κ2) is 17.4. The molecule has 0 unspecified atom stereocenters. The molecule has 51 heavy (non-hydrogen) atoms. The van der Waals surface area contributed by atoms with E-state index in [0.29, 0.717) is 81.0 Å². The molecule has 2 saturated heterocycles. The number of nitrogens with one attached hydrogen (secondary N) is 2. The average molecular weight is 698 g/mol. The molecule has 12 heteroatoms. The van der Waals surface area contributed by atoms with Gasteiger partial charge in [-0.1, -0.05) is 24.3 Å². The Labute approximate surface area is 299 Å². The van der Waals surface area contributed by atoms with Crippen molar-refractivity contribution in [1.29, 1.82) is 5.26 Å². The van der Waals surface area contributed by atoms with E-state index in [1.807, 2.05) is 17.0 Å². The van der Waals surface area contributed by atoms with Crippen LogP contribution < -0.4 is 10.6 Å². The molecule has 270 valence electrons. The predicted molar refractivity (Wildman–Crippen MR) is 191 cm³/mol. The number of benzene rings is 2. The smallest absolute Gasteiger partial charge is 0.407 e. The molecule has 0 atom stereocenters. The van der Waals surface area contributed by atoms with Crippen molar-refractivity contribution in [3.63, 3.8) is 0 Å². The average Bonchev–Trinajstić information content (AvgIpc) is 3.13. The number of aryl methyl sites for hydroxylation is 1. The second-order valence-corrected chi connectivity index (χ2v) is 14.2. The molecule has 1 aromatic heterocycles. The van der Waals surface area contributed by atoms with E-state index in [0.717, 1.165) is 37.1 Å².